The first-order chi connectivity index (χ1) is 67.3. The van der Waals surface area contributed by atoms with E-state index in [9.17, 15) is 76.2 Å². The zero-order valence-electron chi connectivity index (χ0n) is 81.6. The Balaban J connectivity index is 0.000000174. The summed E-state index contributed by atoms with van der Waals surface area (Å²) in [4.78, 5) is 178. The van der Waals surface area contributed by atoms with Gasteiger partial charge in [-0.1, -0.05) is 160 Å². The molecule has 0 spiro atoms. The van der Waals surface area contributed by atoms with E-state index in [1.165, 1.54) is 26.5 Å². The fourth-order valence-corrected chi connectivity index (χ4v) is 18.1. The third-order valence-electron chi connectivity index (χ3n) is 25.1. The number of benzene rings is 5. The molecule has 6 fully saturated rings. The van der Waals surface area contributed by atoms with Gasteiger partial charge in [-0.25, -0.2) is 37.9 Å². The van der Waals surface area contributed by atoms with Gasteiger partial charge < -0.3 is 75.6 Å². The number of imide groups is 3. The zero-order chi connectivity index (χ0) is 104. The highest BCUT2D eigenvalue weighted by atomic mass is 35.5. The summed E-state index contributed by atoms with van der Waals surface area (Å²) in [5, 5.41) is 38.4. The smallest absolute Gasteiger partial charge is 0.410 e. The lowest BCUT2D eigenvalue weighted by molar-refractivity contribution is -0.131. The van der Waals surface area contributed by atoms with Crippen LogP contribution in [0.3, 0.4) is 0 Å². The van der Waals surface area contributed by atoms with E-state index in [1.54, 1.807) is 155 Å². The lowest BCUT2D eigenvalue weighted by atomic mass is 9.92. The number of piperidine rings is 6. The molecule has 0 radical (unpaired) electrons. The highest BCUT2D eigenvalue weighted by Gasteiger charge is 2.48. The van der Waals surface area contributed by atoms with Crippen LogP contribution in [0.4, 0.5) is 33.8 Å². The number of hydrogen-bond donors (Lipinski definition) is 6. The van der Waals surface area contributed by atoms with E-state index in [0.29, 0.717) is 110 Å². The van der Waals surface area contributed by atoms with E-state index in [2.05, 4.69) is 45.1 Å². The van der Waals surface area contributed by atoms with E-state index < -0.39 is 65.3 Å². The van der Waals surface area contributed by atoms with Crippen molar-refractivity contribution in [3.8, 4) is 12.1 Å². The second-order valence-corrected chi connectivity index (χ2v) is 39.0. The third kappa shape index (κ3) is 29.7. The molecule has 35 nitrogen and oxygen atoms in total. The van der Waals surface area contributed by atoms with Gasteiger partial charge in [0.05, 0.1) is 68.7 Å². The van der Waals surface area contributed by atoms with Crippen molar-refractivity contribution in [3.63, 3.8) is 0 Å². The monoisotopic (exact) mass is 2020 g/mol. The summed E-state index contributed by atoms with van der Waals surface area (Å²) in [5.74, 6) is -1.84. The van der Waals surface area contributed by atoms with E-state index in [1.807, 2.05) is 79.4 Å². The molecule has 7 aromatic rings. The molecule has 16 rings (SSSR count). The van der Waals surface area contributed by atoms with Crippen molar-refractivity contribution in [1.82, 2.24) is 65.1 Å². The molecule has 5 aromatic carbocycles. The van der Waals surface area contributed by atoms with Crippen LogP contribution in [0, 0.1) is 58.0 Å². The molecule has 9 aliphatic heterocycles. The average Bonchev–Trinajstić information content (AvgIpc) is 1.49. The molecule has 0 saturated carbocycles. The summed E-state index contributed by atoms with van der Waals surface area (Å²) in [7, 11) is 0. The molecule has 2 aromatic heterocycles. The van der Waals surface area contributed by atoms with Crippen molar-refractivity contribution < 1.29 is 95.2 Å². The molecule has 0 unspecified atom stereocenters. The van der Waals surface area contributed by atoms with E-state index in [0.717, 1.165) is 62.3 Å². The predicted octanol–water partition coefficient (Wildman–Crippen LogP) is 13.7. The van der Waals surface area contributed by atoms with Crippen LogP contribution in [0.25, 0.3) is 0 Å². The number of anilines is 1. The molecular weight excluding hydrogens is 1900 g/mol. The van der Waals surface area contributed by atoms with Crippen molar-refractivity contribution in [2.45, 2.75) is 201 Å². The number of nitrogens with two attached hydrogens (primary N) is 1. The number of aliphatic hydroxyl groups is 1. The number of aliphatic hydroxyl groups excluding tert-OH is 1. The molecule has 6 saturated heterocycles. The Morgan fingerprint density at radius 3 is 1.20 bits per heavy atom. The Hall–Kier alpha value is -13.3. The number of aromatic nitrogens is 2. The molecule has 9 aliphatic rings. The highest BCUT2D eigenvalue weighted by Crippen LogP contribution is 2.36. The first-order valence-corrected chi connectivity index (χ1v) is 48.1. The number of hydrogen-bond acceptors (Lipinski definition) is 25. The number of rotatable bonds is 11. The molecule has 40 heteroatoms. The molecule has 758 valence electrons. The number of likely N-dealkylation sites (tertiary alicyclic amines) is 5. The number of alkyl carbamates (subject to hydrolysis) is 2. The Morgan fingerprint density at radius 1 is 0.451 bits per heavy atom. The van der Waals surface area contributed by atoms with E-state index >= 15 is 0 Å². The number of pyridine rings is 2. The maximum atomic E-state index is 14.3. The second kappa shape index (κ2) is 50.4. The Morgan fingerprint density at radius 2 is 0.796 bits per heavy atom. The molecule has 7 N–H and O–H groups in total. The lowest BCUT2D eigenvalue weighted by Crippen LogP contribution is -2.59. The van der Waals surface area contributed by atoms with Gasteiger partial charge in [-0.2, -0.15) is 10.5 Å². The largest absolute Gasteiger partial charge is 0.445 e. The maximum absolute atomic E-state index is 14.3. The first kappa shape index (κ1) is 111. The molecular formula is C102H122Cl3F2N17O18. The van der Waals surface area contributed by atoms with Crippen molar-refractivity contribution in [1.29, 1.82) is 10.5 Å². The number of fused-ring (bicyclic) bond motifs is 3. The van der Waals surface area contributed by atoms with Crippen LogP contribution >= 0.6 is 34.8 Å². The lowest BCUT2D eigenvalue weighted by Gasteiger charge is -2.40. The average molecular weight is 2020 g/mol. The van der Waals surface area contributed by atoms with Crippen molar-refractivity contribution in [3.05, 3.63) is 228 Å². The Kier molecular flexibility index (Phi) is 39.3. The number of carbonyl (C=O) groups is 13. The number of nitriles is 2. The standard InChI is InChI=1S/C22H22N2O4.C18H23ClFN5O3.C18H26N2O5.C16H18N2O3.C14H16N2O2.C8H16N2O.C6HCl2FN2/c1-15-13-23(22(27)28-14-16-7-3-2-4-8-16)12-11-19(15)24-20(25)17-9-5-6-10-18(17)21(24)26;1-10(26)25-6-5-13(14(9-25)23-17(27)28-18(2,3)4)22-16-12(20)7-11(8-21)15(19)24-16;1-18(2,3)25-16(22)19-14-11-20(10-9-15(14)21)17(23)24-12-13-7-5-4-6-8-13;1-10-9-17(11(2)19)8-7-14(10)18-15(20)12-5-3-4-6-13(12)16(18)21;1-9-8-15-7-6-12(9)16-13(17)10-4-2-3-5-11(10)14(16)18;1-6-5-10(7(2)11)4-3-8(6)9;7-5-3(2-10)1-4(9)6(8)11-5/h2-10,15,19H,11-14H2,1H3;7,13-14H,5-6,9H2,1-4H3,(H,22,24)(H,23,27);4-8,14-15,21H,9-12H2,1-3H3,(H,19,22);3-6,10,14H,7-9H2,1-2H3;2-5,9,12,15H,6-8H2,1H3;6,8H,3-5,9H2,1-2H3;1H/t15-,19+;13-,14+;14-,15-;10-,14+;9-,12+;6-,8+;/m010000./s1. The number of halogens is 5. The summed E-state index contributed by atoms with van der Waals surface area (Å²) < 4.78 is 48.0. The van der Waals surface area contributed by atoms with Crippen LogP contribution in [-0.4, -0.2) is 270 Å². The van der Waals surface area contributed by atoms with Gasteiger partial charge in [-0.05, 0) is 176 Å². The molecule has 12 atom stereocenters. The summed E-state index contributed by atoms with van der Waals surface area (Å²) >= 11 is 16.6. The maximum Gasteiger partial charge on any atom is 0.410 e. The van der Waals surface area contributed by atoms with Gasteiger partial charge >= 0.3 is 24.4 Å². The third-order valence-corrected chi connectivity index (χ3v) is 26.0. The van der Waals surface area contributed by atoms with Crippen molar-refractivity contribution in [2.24, 2.45) is 29.4 Å². The number of amides is 13. The fourth-order valence-electron chi connectivity index (χ4n) is 17.5. The van der Waals surface area contributed by atoms with Crippen LogP contribution in [0.15, 0.2) is 146 Å². The van der Waals surface area contributed by atoms with E-state index in [-0.39, 0.29) is 154 Å². The number of carbonyl (C=O) groups excluding carboxylic acids is 13. The fraction of sp³-hybridized carbons (Fsp3) is 0.461. The van der Waals surface area contributed by atoms with Gasteiger partial charge in [0.2, 0.25) is 17.7 Å². The predicted molar refractivity (Wildman–Crippen MR) is 523 cm³/mol. The first-order valence-electron chi connectivity index (χ1n) is 46.9. The van der Waals surface area contributed by atoms with Crippen LogP contribution < -0.4 is 27.0 Å². The molecule has 13 amide bonds. The van der Waals surface area contributed by atoms with Crippen LogP contribution in [0.5, 0.6) is 0 Å². The number of nitrogens with zero attached hydrogens (tertiary/aromatic N) is 12. The summed E-state index contributed by atoms with van der Waals surface area (Å²) in [6, 6.07) is 43.7. The van der Waals surface area contributed by atoms with Gasteiger partial charge in [0.25, 0.3) is 35.4 Å². The SMILES string of the molecule is CC(=O)N1CC[C@@H](N)[C@@H](C)C1.CC(=O)N1CC[C@@H](N2C(=O)c3ccccc3C2=O)[C@@H](C)C1.CC(=O)N1CC[C@@H](Nc2nc(Cl)c(C#N)cc2F)[C@@H](NC(=O)OC(C)(C)C)C1.CC(C)(C)OC(=O)N[C@H]1CN(C(=O)OCc2ccccc2)CC[C@@H]1O.C[C@H]1CN(C(=O)OCc2ccccc2)CC[C@H]1N1C(=O)c2ccccc2C1=O.C[C@H]1CNCC[C@H]1N1C(=O)c2ccccc2C1=O.N#Cc1cc(F)c(Cl)nc1Cl. The van der Waals surface area contributed by atoms with E-state index in [4.69, 9.17) is 70.0 Å². The minimum absolute atomic E-state index is 0.0198. The molecule has 0 aliphatic carbocycles. The van der Waals surface area contributed by atoms with Crippen LogP contribution in [-0.2, 0) is 46.5 Å². The number of nitrogens with one attached hydrogen (secondary N) is 4. The highest BCUT2D eigenvalue weighted by molar-refractivity contribution is 6.33. The normalized spacial score (nSPS) is 22.2. The second-order valence-electron chi connectivity index (χ2n) is 38.0. The van der Waals surface area contributed by atoms with Gasteiger partial charge in [0, 0.05) is 110 Å². The van der Waals surface area contributed by atoms with Crippen LogP contribution in [0.2, 0.25) is 15.5 Å². The van der Waals surface area contributed by atoms with Crippen molar-refractivity contribution >= 4 is 118 Å². The quantitative estimate of drug-likeness (QED) is 0.0398. The minimum Gasteiger partial charge on any atom is -0.445 e. The molecule has 11 heterocycles. The summed E-state index contributed by atoms with van der Waals surface area (Å²) in [6.45, 7) is 30.4. The van der Waals surface area contributed by atoms with Gasteiger partial charge in [0.1, 0.15) is 46.9 Å². The van der Waals surface area contributed by atoms with Gasteiger partial charge in [-0.15, -0.1) is 0 Å². The van der Waals surface area contributed by atoms with Crippen molar-refractivity contribution in [2.75, 3.05) is 83.9 Å². The van der Waals surface area contributed by atoms with Gasteiger partial charge in [-0.3, -0.25) is 57.9 Å². The molecule has 0 bridgehead atoms. The Labute approximate surface area is 839 Å². The summed E-state index contributed by atoms with van der Waals surface area (Å²) in [6.07, 6.45) is 0.970. The Bertz CT molecular complexity index is 5720. The topological polar surface area (TPSA) is 452 Å². The number of ether oxygens (including phenoxy) is 4. The summed E-state index contributed by atoms with van der Waals surface area (Å²) in [5.41, 5.74) is 9.24. The van der Waals surface area contributed by atoms with Gasteiger partial charge in [0.15, 0.2) is 22.6 Å². The molecule has 142 heavy (non-hydrogen) atoms. The minimum atomic E-state index is -0.743. The zero-order valence-corrected chi connectivity index (χ0v) is 83.9. The van der Waals surface area contributed by atoms with Crippen LogP contribution in [0.1, 0.15) is 213 Å².